The number of methoxy groups -OCH3 is 1. The molecule has 0 aromatic heterocycles. The van der Waals surface area contributed by atoms with E-state index in [1.807, 2.05) is 6.92 Å². The van der Waals surface area contributed by atoms with Crippen LogP contribution >= 0.6 is 0 Å². The van der Waals surface area contributed by atoms with Crippen molar-refractivity contribution in [2.45, 2.75) is 19.4 Å². The zero-order valence-corrected chi connectivity index (χ0v) is 12.2. The number of hydrogen-bond donors (Lipinski definition) is 1. The van der Waals surface area contributed by atoms with Gasteiger partial charge in [0.15, 0.2) is 0 Å². The van der Waals surface area contributed by atoms with Gasteiger partial charge in [-0.05, 0) is 19.1 Å². The number of aryl methyl sites for hydroxylation is 1. The second-order valence-corrected chi connectivity index (χ2v) is 5.04. The standard InChI is InChI=1S/C15H19NO5/c1-10-3-4-13(17)12(7-10)15(19)16-5-6-21-11(9-16)8-14(18)20-2/h3-4,7,11,17H,5-6,8-9H2,1-2H3. The van der Waals surface area contributed by atoms with Crippen molar-refractivity contribution in [1.82, 2.24) is 4.90 Å². The Hall–Kier alpha value is -2.08. The highest BCUT2D eigenvalue weighted by molar-refractivity contribution is 5.97. The maximum Gasteiger partial charge on any atom is 0.308 e. The van der Waals surface area contributed by atoms with Gasteiger partial charge in [0, 0.05) is 13.1 Å². The van der Waals surface area contributed by atoms with Crippen LogP contribution in [0.2, 0.25) is 0 Å². The minimum absolute atomic E-state index is 0.0402. The van der Waals surface area contributed by atoms with Gasteiger partial charge in [0.05, 0.1) is 31.8 Å². The number of phenols is 1. The molecular formula is C15H19NO5. The Morgan fingerprint density at radius 3 is 2.95 bits per heavy atom. The molecule has 0 aliphatic carbocycles. The first-order valence-corrected chi connectivity index (χ1v) is 6.78. The number of benzene rings is 1. The van der Waals surface area contributed by atoms with Crippen LogP contribution in [-0.4, -0.2) is 54.8 Å². The first-order chi connectivity index (χ1) is 10.0. The number of carbonyl (C=O) groups excluding carboxylic acids is 2. The third-order valence-electron chi connectivity index (χ3n) is 3.43. The second kappa shape index (κ2) is 6.58. The van der Waals surface area contributed by atoms with Gasteiger partial charge in [-0.2, -0.15) is 0 Å². The van der Waals surface area contributed by atoms with Crippen molar-refractivity contribution in [3.8, 4) is 5.75 Å². The van der Waals surface area contributed by atoms with Crippen LogP contribution in [0, 0.1) is 6.92 Å². The summed E-state index contributed by atoms with van der Waals surface area (Å²) in [5.74, 6) is -0.663. The number of rotatable bonds is 3. The lowest BCUT2D eigenvalue weighted by Crippen LogP contribution is -2.46. The Balaban J connectivity index is 2.08. The Morgan fingerprint density at radius 2 is 2.24 bits per heavy atom. The summed E-state index contributed by atoms with van der Waals surface area (Å²) < 4.78 is 10.1. The van der Waals surface area contributed by atoms with Gasteiger partial charge < -0.3 is 19.5 Å². The molecule has 1 aliphatic heterocycles. The number of nitrogens with zero attached hydrogens (tertiary/aromatic N) is 1. The number of aromatic hydroxyl groups is 1. The molecule has 1 atom stereocenters. The summed E-state index contributed by atoms with van der Waals surface area (Å²) in [5.41, 5.74) is 1.17. The third-order valence-corrected chi connectivity index (χ3v) is 3.43. The van der Waals surface area contributed by atoms with Gasteiger partial charge in [0.25, 0.3) is 5.91 Å². The van der Waals surface area contributed by atoms with Crippen molar-refractivity contribution < 1.29 is 24.2 Å². The number of esters is 1. The summed E-state index contributed by atoms with van der Waals surface area (Å²) in [4.78, 5) is 25.3. The molecule has 1 fully saturated rings. The molecule has 114 valence electrons. The van der Waals surface area contributed by atoms with Gasteiger partial charge in [-0.15, -0.1) is 0 Å². The number of carbonyl (C=O) groups is 2. The van der Waals surface area contributed by atoms with E-state index in [9.17, 15) is 14.7 Å². The Bertz CT molecular complexity index is 543. The number of amides is 1. The fraction of sp³-hybridized carbons (Fsp3) is 0.467. The SMILES string of the molecule is COC(=O)CC1CN(C(=O)c2cc(C)ccc2O)CCO1. The molecule has 1 aliphatic rings. The van der Waals surface area contributed by atoms with Crippen molar-refractivity contribution in [3.05, 3.63) is 29.3 Å². The predicted molar refractivity (Wildman–Crippen MR) is 75.1 cm³/mol. The van der Waals surface area contributed by atoms with Crippen LogP contribution in [0.5, 0.6) is 5.75 Å². The number of ether oxygens (including phenoxy) is 2. The van der Waals surface area contributed by atoms with E-state index < -0.39 is 0 Å². The smallest absolute Gasteiger partial charge is 0.308 e. The minimum Gasteiger partial charge on any atom is -0.507 e. The topological polar surface area (TPSA) is 76.1 Å². The third kappa shape index (κ3) is 3.72. The largest absolute Gasteiger partial charge is 0.507 e. The van der Waals surface area contributed by atoms with E-state index in [1.54, 1.807) is 17.0 Å². The molecule has 0 bridgehead atoms. The molecule has 1 N–H and O–H groups in total. The summed E-state index contributed by atoms with van der Waals surface area (Å²) in [7, 11) is 1.32. The molecule has 1 heterocycles. The van der Waals surface area contributed by atoms with Crippen LogP contribution in [0.1, 0.15) is 22.3 Å². The van der Waals surface area contributed by atoms with Crippen LogP contribution in [-0.2, 0) is 14.3 Å². The molecule has 0 saturated carbocycles. The van der Waals surface area contributed by atoms with Crippen molar-refractivity contribution in [1.29, 1.82) is 0 Å². The van der Waals surface area contributed by atoms with Crippen molar-refractivity contribution in [3.63, 3.8) is 0 Å². The number of hydrogen-bond acceptors (Lipinski definition) is 5. The fourth-order valence-electron chi connectivity index (χ4n) is 2.29. The first kappa shape index (κ1) is 15.3. The van der Waals surface area contributed by atoms with E-state index in [-0.39, 0.29) is 35.7 Å². The second-order valence-electron chi connectivity index (χ2n) is 5.04. The Labute approximate surface area is 123 Å². The molecular weight excluding hydrogens is 274 g/mol. The maximum atomic E-state index is 12.5. The van der Waals surface area contributed by atoms with Gasteiger partial charge in [-0.25, -0.2) is 0 Å². The van der Waals surface area contributed by atoms with Crippen LogP contribution < -0.4 is 0 Å². The van der Waals surface area contributed by atoms with Crippen LogP contribution in [0.3, 0.4) is 0 Å². The van der Waals surface area contributed by atoms with E-state index in [0.29, 0.717) is 19.7 Å². The molecule has 6 heteroatoms. The lowest BCUT2D eigenvalue weighted by atomic mass is 10.1. The lowest BCUT2D eigenvalue weighted by molar-refractivity contribution is -0.145. The highest BCUT2D eigenvalue weighted by Gasteiger charge is 2.28. The van der Waals surface area contributed by atoms with Gasteiger partial charge in [-0.3, -0.25) is 9.59 Å². The summed E-state index contributed by atoms with van der Waals surface area (Å²) in [5, 5.41) is 9.83. The molecule has 21 heavy (non-hydrogen) atoms. The summed E-state index contributed by atoms with van der Waals surface area (Å²) in [6.45, 7) is 2.96. The van der Waals surface area contributed by atoms with Crippen LogP contribution in [0.15, 0.2) is 18.2 Å². The average molecular weight is 293 g/mol. The van der Waals surface area contributed by atoms with Crippen LogP contribution in [0.4, 0.5) is 0 Å². The van der Waals surface area contributed by atoms with Gasteiger partial charge >= 0.3 is 5.97 Å². The summed E-state index contributed by atoms with van der Waals surface area (Å²) >= 11 is 0. The highest BCUT2D eigenvalue weighted by Crippen LogP contribution is 2.21. The van der Waals surface area contributed by atoms with Gasteiger partial charge in [0.2, 0.25) is 0 Å². The van der Waals surface area contributed by atoms with Crippen molar-refractivity contribution >= 4 is 11.9 Å². The normalized spacial score (nSPS) is 18.4. The molecule has 1 aromatic carbocycles. The average Bonchev–Trinajstić information content (AvgIpc) is 2.49. The van der Waals surface area contributed by atoms with E-state index in [2.05, 4.69) is 4.74 Å². The number of morpholine rings is 1. The zero-order chi connectivity index (χ0) is 15.4. The van der Waals surface area contributed by atoms with E-state index in [4.69, 9.17) is 4.74 Å². The zero-order valence-electron chi connectivity index (χ0n) is 12.2. The molecule has 0 radical (unpaired) electrons. The van der Waals surface area contributed by atoms with Crippen LogP contribution in [0.25, 0.3) is 0 Å². The quantitative estimate of drug-likeness (QED) is 0.845. The summed E-state index contributed by atoms with van der Waals surface area (Å²) in [6, 6.07) is 4.91. The Morgan fingerprint density at radius 1 is 1.48 bits per heavy atom. The monoisotopic (exact) mass is 293 g/mol. The molecule has 1 aromatic rings. The molecule has 2 rings (SSSR count). The minimum atomic E-state index is -0.373. The summed E-state index contributed by atoms with van der Waals surface area (Å²) in [6.07, 6.45) is -0.262. The van der Waals surface area contributed by atoms with E-state index in [0.717, 1.165) is 5.56 Å². The molecule has 1 amide bonds. The maximum absolute atomic E-state index is 12.5. The van der Waals surface area contributed by atoms with Gasteiger partial charge in [0.1, 0.15) is 5.75 Å². The molecule has 1 unspecified atom stereocenters. The molecule has 1 saturated heterocycles. The van der Waals surface area contributed by atoms with E-state index >= 15 is 0 Å². The highest BCUT2D eigenvalue weighted by atomic mass is 16.5. The van der Waals surface area contributed by atoms with E-state index in [1.165, 1.54) is 13.2 Å². The Kier molecular flexibility index (Phi) is 4.80. The number of phenolic OH excluding ortho intramolecular Hbond substituents is 1. The van der Waals surface area contributed by atoms with Gasteiger partial charge in [-0.1, -0.05) is 11.6 Å². The van der Waals surface area contributed by atoms with Crippen molar-refractivity contribution in [2.24, 2.45) is 0 Å². The lowest BCUT2D eigenvalue weighted by Gasteiger charge is -2.32. The molecule has 6 nitrogen and oxygen atoms in total. The van der Waals surface area contributed by atoms with Crippen molar-refractivity contribution in [2.75, 3.05) is 26.8 Å². The predicted octanol–water partition coefficient (Wildman–Crippen LogP) is 1.10. The molecule has 0 spiro atoms. The first-order valence-electron chi connectivity index (χ1n) is 6.78. The fourth-order valence-corrected chi connectivity index (χ4v) is 2.29.